The summed E-state index contributed by atoms with van der Waals surface area (Å²) in [5.74, 6) is 0.495. The van der Waals surface area contributed by atoms with Crippen molar-refractivity contribution in [3.63, 3.8) is 0 Å². The van der Waals surface area contributed by atoms with Crippen LogP contribution in [-0.4, -0.2) is 69.5 Å². The number of nitrogens with zero attached hydrogens (tertiary/aromatic N) is 5. The van der Waals surface area contributed by atoms with Crippen LogP contribution in [-0.2, 0) is 11.3 Å². The molecule has 0 aromatic carbocycles. The van der Waals surface area contributed by atoms with Crippen LogP contribution in [0, 0.1) is 12.8 Å². The minimum Gasteiger partial charge on any atom is -0.375 e. The summed E-state index contributed by atoms with van der Waals surface area (Å²) in [5, 5.41) is 3.14. The van der Waals surface area contributed by atoms with E-state index >= 15 is 0 Å². The maximum absolute atomic E-state index is 12.5. The van der Waals surface area contributed by atoms with E-state index < -0.39 is 0 Å². The summed E-state index contributed by atoms with van der Waals surface area (Å²) in [6.07, 6.45) is 6.87. The Morgan fingerprint density at radius 3 is 2.96 bits per heavy atom. The Bertz CT molecular complexity index is 790. The quantitative estimate of drug-likeness (QED) is 0.781. The highest BCUT2D eigenvalue weighted by molar-refractivity contribution is 7.09. The van der Waals surface area contributed by atoms with Crippen molar-refractivity contribution in [3.8, 4) is 0 Å². The van der Waals surface area contributed by atoms with Crippen LogP contribution in [0.5, 0.6) is 0 Å². The van der Waals surface area contributed by atoms with Gasteiger partial charge in [0.15, 0.2) is 0 Å². The first-order chi connectivity index (χ1) is 13.1. The zero-order valence-corrected chi connectivity index (χ0v) is 16.6. The molecule has 2 aliphatic rings. The number of thiazole rings is 1. The molecular weight excluding hydrogens is 362 g/mol. The van der Waals surface area contributed by atoms with Crippen LogP contribution in [0.3, 0.4) is 0 Å². The van der Waals surface area contributed by atoms with E-state index in [4.69, 9.17) is 4.74 Å². The minimum atomic E-state index is -0.0283. The lowest BCUT2D eigenvalue weighted by molar-refractivity contribution is -0.0770. The van der Waals surface area contributed by atoms with E-state index in [2.05, 4.69) is 32.3 Å². The first-order valence-corrected chi connectivity index (χ1v) is 10.2. The first-order valence-electron chi connectivity index (χ1n) is 9.31. The summed E-state index contributed by atoms with van der Waals surface area (Å²) in [7, 11) is 2.17. The third-order valence-electron chi connectivity index (χ3n) is 5.66. The number of carbonyl (C=O) groups excluding carboxylic acids is 1. The SMILES string of the molecule is Cc1nc(COCC2CCN(C)C3(C2)CN(C(=O)c2cnccn2)C3)cs1. The van der Waals surface area contributed by atoms with E-state index in [-0.39, 0.29) is 11.4 Å². The fraction of sp³-hybridized carbons (Fsp3) is 0.579. The van der Waals surface area contributed by atoms with Gasteiger partial charge in [0.2, 0.25) is 0 Å². The van der Waals surface area contributed by atoms with Crippen LogP contribution in [0.15, 0.2) is 24.0 Å². The van der Waals surface area contributed by atoms with E-state index in [1.54, 1.807) is 23.7 Å². The molecule has 0 saturated carbocycles. The number of carbonyl (C=O) groups is 1. The molecule has 0 aliphatic carbocycles. The molecule has 4 heterocycles. The Morgan fingerprint density at radius 1 is 1.41 bits per heavy atom. The molecule has 1 unspecified atom stereocenters. The van der Waals surface area contributed by atoms with Gasteiger partial charge >= 0.3 is 0 Å². The van der Waals surface area contributed by atoms with Crippen LogP contribution in [0.2, 0.25) is 0 Å². The number of hydrogen-bond donors (Lipinski definition) is 0. The third kappa shape index (κ3) is 3.88. The predicted octanol–water partition coefficient (Wildman–Crippen LogP) is 1.99. The summed E-state index contributed by atoms with van der Waals surface area (Å²) >= 11 is 1.66. The number of aryl methyl sites for hydroxylation is 1. The molecule has 7 nitrogen and oxygen atoms in total. The first kappa shape index (κ1) is 18.5. The molecule has 0 radical (unpaired) electrons. The van der Waals surface area contributed by atoms with Gasteiger partial charge in [-0.25, -0.2) is 9.97 Å². The summed E-state index contributed by atoms with van der Waals surface area (Å²) in [6.45, 7) is 5.89. The lowest BCUT2D eigenvalue weighted by Gasteiger charge is -2.58. The molecule has 8 heteroatoms. The number of piperidine rings is 1. The van der Waals surface area contributed by atoms with Crippen LogP contribution >= 0.6 is 11.3 Å². The van der Waals surface area contributed by atoms with Gasteiger partial charge in [-0.2, -0.15) is 0 Å². The van der Waals surface area contributed by atoms with Crippen molar-refractivity contribution >= 4 is 17.2 Å². The Balaban J connectivity index is 1.30. The minimum absolute atomic E-state index is 0.0283. The number of likely N-dealkylation sites (tertiary alicyclic amines) is 2. The smallest absolute Gasteiger partial charge is 0.274 e. The van der Waals surface area contributed by atoms with Crippen molar-refractivity contribution < 1.29 is 9.53 Å². The van der Waals surface area contributed by atoms with Gasteiger partial charge in [-0.05, 0) is 39.3 Å². The standard InChI is InChI=1S/C19H25N5O2S/c1-14-22-16(11-27-14)10-26-9-15-3-6-23(2)19(7-15)12-24(13-19)18(25)17-8-20-4-5-21-17/h4-5,8,11,15H,3,6-7,9-10,12-13H2,1-2H3. The van der Waals surface area contributed by atoms with Crippen LogP contribution in [0.4, 0.5) is 0 Å². The van der Waals surface area contributed by atoms with Crippen LogP contribution in [0.25, 0.3) is 0 Å². The van der Waals surface area contributed by atoms with Gasteiger partial charge in [0.1, 0.15) is 5.69 Å². The lowest BCUT2D eigenvalue weighted by Crippen LogP contribution is -2.72. The summed E-state index contributed by atoms with van der Waals surface area (Å²) in [4.78, 5) is 29.4. The maximum Gasteiger partial charge on any atom is 0.274 e. The van der Waals surface area contributed by atoms with Gasteiger partial charge in [0.05, 0.1) is 35.7 Å². The number of hydrogen-bond acceptors (Lipinski definition) is 7. The van der Waals surface area contributed by atoms with Gasteiger partial charge in [0.25, 0.3) is 5.91 Å². The summed E-state index contributed by atoms with van der Waals surface area (Å²) in [6, 6.07) is 0. The van der Waals surface area contributed by atoms with E-state index in [0.29, 0.717) is 18.2 Å². The van der Waals surface area contributed by atoms with E-state index in [1.165, 1.54) is 6.20 Å². The zero-order chi connectivity index (χ0) is 18.9. The topological polar surface area (TPSA) is 71.5 Å². The van der Waals surface area contributed by atoms with Crippen molar-refractivity contribution in [2.75, 3.05) is 33.3 Å². The normalized spacial score (nSPS) is 22.0. The molecule has 144 valence electrons. The van der Waals surface area contributed by atoms with Crippen LogP contribution in [0.1, 0.15) is 34.0 Å². The third-order valence-corrected chi connectivity index (χ3v) is 6.48. The Labute approximate surface area is 163 Å². The molecule has 2 fully saturated rings. The Hall–Kier alpha value is -1.90. The van der Waals surface area contributed by atoms with Gasteiger partial charge in [-0.15, -0.1) is 11.3 Å². The molecule has 0 N–H and O–H groups in total. The largest absolute Gasteiger partial charge is 0.375 e. The molecule has 27 heavy (non-hydrogen) atoms. The van der Waals surface area contributed by atoms with Gasteiger partial charge in [0, 0.05) is 30.9 Å². The Morgan fingerprint density at radius 2 is 2.26 bits per heavy atom. The van der Waals surface area contributed by atoms with Crippen molar-refractivity contribution in [1.82, 2.24) is 24.8 Å². The number of amides is 1. The fourth-order valence-electron chi connectivity index (χ4n) is 4.11. The second-order valence-corrected chi connectivity index (χ2v) is 8.69. The fourth-order valence-corrected chi connectivity index (χ4v) is 4.70. The van der Waals surface area contributed by atoms with Gasteiger partial charge in [-0.1, -0.05) is 0 Å². The summed E-state index contributed by atoms with van der Waals surface area (Å²) < 4.78 is 5.94. The molecule has 2 aromatic heterocycles. The number of rotatable bonds is 5. The Kier molecular flexibility index (Phi) is 5.21. The molecule has 4 rings (SSSR count). The molecule has 0 bridgehead atoms. The second kappa shape index (κ2) is 7.61. The molecule has 2 aliphatic heterocycles. The second-order valence-electron chi connectivity index (χ2n) is 7.63. The zero-order valence-electron chi connectivity index (χ0n) is 15.8. The number of ether oxygens (including phenoxy) is 1. The average Bonchev–Trinajstić information content (AvgIpc) is 3.06. The monoisotopic (exact) mass is 387 g/mol. The molecular formula is C19H25N5O2S. The van der Waals surface area contributed by atoms with E-state index in [9.17, 15) is 4.79 Å². The molecule has 1 spiro atoms. The summed E-state index contributed by atoms with van der Waals surface area (Å²) in [5.41, 5.74) is 1.51. The molecule has 1 amide bonds. The van der Waals surface area contributed by atoms with Crippen molar-refractivity contribution in [1.29, 1.82) is 0 Å². The van der Waals surface area contributed by atoms with Crippen molar-refractivity contribution in [2.45, 2.75) is 31.9 Å². The highest BCUT2D eigenvalue weighted by Gasteiger charge is 2.51. The lowest BCUT2D eigenvalue weighted by atomic mass is 9.75. The highest BCUT2D eigenvalue weighted by Crippen LogP contribution is 2.38. The molecule has 2 saturated heterocycles. The van der Waals surface area contributed by atoms with E-state index in [0.717, 1.165) is 49.8 Å². The van der Waals surface area contributed by atoms with Crippen molar-refractivity contribution in [2.24, 2.45) is 5.92 Å². The number of aromatic nitrogens is 3. The molecule has 1 atom stereocenters. The average molecular weight is 388 g/mol. The highest BCUT2D eigenvalue weighted by atomic mass is 32.1. The van der Waals surface area contributed by atoms with E-state index in [1.807, 2.05) is 11.8 Å². The maximum atomic E-state index is 12.5. The number of likely N-dealkylation sites (N-methyl/N-ethyl adjacent to an activating group) is 1. The van der Waals surface area contributed by atoms with Gasteiger partial charge < -0.3 is 9.64 Å². The van der Waals surface area contributed by atoms with Crippen molar-refractivity contribution in [3.05, 3.63) is 40.4 Å². The molecule has 2 aromatic rings. The van der Waals surface area contributed by atoms with Crippen LogP contribution < -0.4 is 0 Å². The van der Waals surface area contributed by atoms with Gasteiger partial charge in [-0.3, -0.25) is 14.7 Å². The predicted molar refractivity (Wildman–Crippen MR) is 103 cm³/mol.